The fraction of sp³-hybridized carbons (Fsp3) is 0.471. The lowest BCUT2D eigenvalue weighted by atomic mass is 10.0. The number of carbonyl (C=O) groups is 3. The van der Waals surface area contributed by atoms with Crippen LogP contribution in [0.15, 0.2) is 30.3 Å². The highest BCUT2D eigenvalue weighted by Gasteiger charge is 2.38. The first kappa shape index (κ1) is 18.3. The van der Waals surface area contributed by atoms with Gasteiger partial charge in [0.05, 0.1) is 12.3 Å². The molecule has 0 bridgehead atoms. The Morgan fingerprint density at radius 1 is 1.29 bits per heavy atom. The van der Waals surface area contributed by atoms with Crippen molar-refractivity contribution in [2.45, 2.75) is 32.4 Å². The van der Waals surface area contributed by atoms with E-state index in [0.29, 0.717) is 11.6 Å². The van der Waals surface area contributed by atoms with Crippen LogP contribution in [0.2, 0.25) is 0 Å². The lowest BCUT2D eigenvalue weighted by molar-refractivity contribution is -0.149. The molecular formula is C17H22N2O4S. The summed E-state index contributed by atoms with van der Waals surface area (Å²) in [4.78, 5) is 37.6. The van der Waals surface area contributed by atoms with Crippen molar-refractivity contribution in [3.05, 3.63) is 35.9 Å². The largest absolute Gasteiger partial charge is 0.480 e. The van der Waals surface area contributed by atoms with Gasteiger partial charge in [-0.05, 0) is 11.5 Å². The number of hydrogen-bond acceptors (Lipinski definition) is 4. The van der Waals surface area contributed by atoms with E-state index in [2.05, 4.69) is 5.32 Å². The lowest BCUT2D eigenvalue weighted by Crippen LogP contribution is -2.54. The van der Waals surface area contributed by atoms with Crippen LogP contribution in [0.1, 0.15) is 19.4 Å². The van der Waals surface area contributed by atoms with E-state index in [9.17, 15) is 19.5 Å². The number of carboxylic acid groups (broad SMARTS) is 1. The van der Waals surface area contributed by atoms with Crippen molar-refractivity contribution >= 4 is 29.5 Å². The molecule has 0 aliphatic carbocycles. The predicted molar refractivity (Wildman–Crippen MR) is 92.5 cm³/mol. The topological polar surface area (TPSA) is 86.7 Å². The van der Waals surface area contributed by atoms with Gasteiger partial charge in [-0.1, -0.05) is 44.2 Å². The Kier molecular flexibility index (Phi) is 6.25. The Morgan fingerprint density at radius 3 is 2.54 bits per heavy atom. The fourth-order valence-electron chi connectivity index (χ4n) is 2.56. The SMILES string of the molecule is CC(C)[C@H](NC(=O)Cc1ccccc1)C(=O)N1CSC[C@H]1C(=O)O. The number of carbonyl (C=O) groups excluding carboxylic acids is 2. The third kappa shape index (κ3) is 4.50. The molecule has 1 heterocycles. The third-order valence-electron chi connectivity index (χ3n) is 3.91. The molecular weight excluding hydrogens is 328 g/mol. The van der Waals surface area contributed by atoms with Crippen molar-refractivity contribution in [3.8, 4) is 0 Å². The van der Waals surface area contributed by atoms with Crippen molar-refractivity contribution in [1.82, 2.24) is 10.2 Å². The normalized spacial score (nSPS) is 18.5. The first-order chi connectivity index (χ1) is 11.4. The van der Waals surface area contributed by atoms with Gasteiger partial charge in [-0.15, -0.1) is 11.8 Å². The summed E-state index contributed by atoms with van der Waals surface area (Å²) < 4.78 is 0. The molecule has 0 aromatic heterocycles. The molecule has 2 atom stereocenters. The molecule has 0 radical (unpaired) electrons. The Morgan fingerprint density at radius 2 is 1.96 bits per heavy atom. The second-order valence-corrected chi connectivity index (χ2v) is 7.11. The summed E-state index contributed by atoms with van der Waals surface area (Å²) in [7, 11) is 0. The maximum Gasteiger partial charge on any atom is 0.327 e. The van der Waals surface area contributed by atoms with Crippen LogP contribution < -0.4 is 5.32 Å². The minimum absolute atomic E-state index is 0.128. The van der Waals surface area contributed by atoms with Crippen LogP contribution in [0.4, 0.5) is 0 Å². The minimum atomic E-state index is -1.01. The van der Waals surface area contributed by atoms with Gasteiger partial charge in [0.15, 0.2) is 0 Å². The minimum Gasteiger partial charge on any atom is -0.480 e. The van der Waals surface area contributed by atoms with Crippen LogP contribution in [0.5, 0.6) is 0 Å². The maximum atomic E-state index is 12.7. The number of rotatable bonds is 6. The molecule has 1 aliphatic heterocycles. The molecule has 0 unspecified atom stereocenters. The number of carboxylic acids is 1. The van der Waals surface area contributed by atoms with Crippen molar-refractivity contribution in [3.63, 3.8) is 0 Å². The van der Waals surface area contributed by atoms with Gasteiger partial charge in [-0.3, -0.25) is 9.59 Å². The van der Waals surface area contributed by atoms with Gasteiger partial charge in [0, 0.05) is 5.75 Å². The van der Waals surface area contributed by atoms with Crippen molar-refractivity contribution in [2.24, 2.45) is 5.92 Å². The van der Waals surface area contributed by atoms with E-state index in [-0.39, 0.29) is 24.2 Å². The van der Waals surface area contributed by atoms with Crippen molar-refractivity contribution in [2.75, 3.05) is 11.6 Å². The third-order valence-corrected chi connectivity index (χ3v) is 4.92. The Bertz CT molecular complexity index is 606. The van der Waals surface area contributed by atoms with Crippen LogP contribution in [0, 0.1) is 5.92 Å². The molecule has 7 heteroatoms. The van der Waals surface area contributed by atoms with Gasteiger partial charge >= 0.3 is 5.97 Å². The van der Waals surface area contributed by atoms with E-state index in [1.165, 1.54) is 16.7 Å². The Balaban J connectivity index is 2.04. The second-order valence-electron chi connectivity index (χ2n) is 6.11. The Labute approximate surface area is 145 Å². The molecule has 1 aliphatic rings. The fourth-order valence-corrected chi connectivity index (χ4v) is 3.72. The average Bonchev–Trinajstić information content (AvgIpc) is 3.02. The van der Waals surface area contributed by atoms with Gasteiger partial charge in [-0.2, -0.15) is 0 Å². The second kappa shape index (κ2) is 8.19. The highest BCUT2D eigenvalue weighted by atomic mass is 32.2. The van der Waals surface area contributed by atoms with Crippen molar-refractivity contribution < 1.29 is 19.5 Å². The van der Waals surface area contributed by atoms with E-state index in [1.54, 1.807) is 0 Å². The summed E-state index contributed by atoms with van der Waals surface area (Å²) in [6, 6.07) is 7.74. The summed E-state index contributed by atoms with van der Waals surface area (Å²) >= 11 is 1.41. The molecule has 1 saturated heterocycles. The van der Waals surface area contributed by atoms with Gasteiger partial charge in [0.2, 0.25) is 11.8 Å². The molecule has 2 N–H and O–H groups in total. The molecule has 1 aromatic carbocycles. The van der Waals surface area contributed by atoms with Gasteiger partial charge < -0.3 is 15.3 Å². The smallest absolute Gasteiger partial charge is 0.327 e. The lowest BCUT2D eigenvalue weighted by Gasteiger charge is -2.28. The van der Waals surface area contributed by atoms with E-state index < -0.39 is 18.1 Å². The number of thioether (sulfide) groups is 1. The molecule has 24 heavy (non-hydrogen) atoms. The molecule has 2 rings (SSSR count). The first-order valence-electron chi connectivity index (χ1n) is 7.84. The number of hydrogen-bond donors (Lipinski definition) is 2. The highest BCUT2D eigenvalue weighted by molar-refractivity contribution is 7.99. The molecule has 1 fully saturated rings. The summed E-state index contributed by atoms with van der Waals surface area (Å²) in [5.74, 6) is -0.989. The van der Waals surface area contributed by atoms with Crippen LogP contribution in [0.25, 0.3) is 0 Å². The molecule has 0 saturated carbocycles. The summed E-state index contributed by atoms with van der Waals surface area (Å²) in [5, 5.41) is 12.0. The quantitative estimate of drug-likeness (QED) is 0.809. The van der Waals surface area contributed by atoms with Gasteiger partial charge in [0.1, 0.15) is 12.1 Å². The molecule has 1 aromatic rings. The summed E-state index contributed by atoms with van der Waals surface area (Å²) in [6.07, 6.45) is 0.189. The summed E-state index contributed by atoms with van der Waals surface area (Å²) in [6.45, 7) is 3.68. The zero-order valence-electron chi connectivity index (χ0n) is 13.8. The van der Waals surface area contributed by atoms with Crippen LogP contribution in [0.3, 0.4) is 0 Å². The van der Waals surface area contributed by atoms with Gasteiger partial charge in [0.25, 0.3) is 0 Å². The van der Waals surface area contributed by atoms with E-state index in [1.807, 2.05) is 44.2 Å². The molecule has 6 nitrogen and oxygen atoms in total. The standard InChI is InChI=1S/C17H22N2O4S/c1-11(2)15(16(21)19-10-24-9-13(19)17(22)23)18-14(20)8-12-6-4-3-5-7-12/h3-7,11,13,15H,8-10H2,1-2H3,(H,18,20)(H,22,23)/t13-,15-/m0/s1. The van der Waals surface area contributed by atoms with Crippen molar-refractivity contribution in [1.29, 1.82) is 0 Å². The molecule has 2 amide bonds. The zero-order chi connectivity index (χ0) is 17.7. The number of benzene rings is 1. The van der Waals surface area contributed by atoms with Gasteiger partial charge in [-0.25, -0.2) is 4.79 Å². The average molecular weight is 350 g/mol. The van der Waals surface area contributed by atoms with Crippen LogP contribution in [-0.4, -0.2) is 51.5 Å². The molecule has 130 valence electrons. The van der Waals surface area contributed by atoms with E-state index in [4.69, 9.17) is 0 Å². The monoisotopic (exact) mass is 350 g/mol. The summed E-state index contributed by atoms with van der Waals surface area (Å²) in [5.41, 5.74) is 0.866. The maximum absolute atomic E-state index is 12.7. The van der Waals surface area contributed by atoms with E-state index >= 15 is 0 Å². The van der Waals surface area contributed by atoms with Crippen LogP contribution in [-0.2, 0) is 20.8 Å². The number of nitrogens with zero attached hydrogens (tertiary/aromatic N) is 1. The Hall–Kier alpha value is -2.02. The highest BCUT2D eigenvalue weighted by Crippen LogP contribution is 2.23. The number of nitrogens with one attached hydrogen (secondary N) is 1. The predicted octanol–water partition coefficient (Wildman–Crippen LogP) is 1.36. The molecule has 0 spiro atoms. The van der Waals surface area contributed by atoms with Crippen LogP contribution >= 0.6 is 11.8 Å². The zero-order valence-corrected chi connectivity index (χ0v) is 14.6. The first-order valence-corrected chi connectivity index (χ1v) is 9.00. The van der Waals surface area contributed by atoms with E-state index in [0.717, 1.165) is 5.56 Å². The number of aliphatic carboxylic acids is 1. The number of amides is 2.